The number of hydrogen-bond donors (Lipinski definition) is 2. The second-order valence-electron chi connectivity index (χ2n) is 3.82. The van der Waals surface area contributed by atoms with Gasteiger partial charge in [-0.15, -0.1) is 0 Å². The standard InChI is InChI=1S/C11H14ClN3O3/c1-3-4-7(10(17)18)14-9(16)8-5-6(2)13-11(12)15-8/h5,7H,3-4H2,1-2H3,(H,14,16)(H,17,18)/t7-/m0/s1. The number of halogens is 1. The molecule has 0 saturated heterocycles. The summed E-state index contributed by atoms with van der Waals surface area (Å²) in [7, 11) is 0. The SMILES string of the molecule is CCC[C@H](NC(=O)c1cc(C)nc(Cl)n1)C(=O)O. The predicted molar refractivity (Wildman–Crippen MR) is 65.6 cm³/mol. The molecule has 0 fully saturated rings. The molecule has 0 aliphatic carbocycles. The molecule has 0 spiro atoms. The Morgan fingerprint density at radius 3 is 2.67 bits per heavy atom. The van der Waals surface area contributed by atoms with Crippen molar-refractivity contribution >= 4 is 23.5 Å². The Bertz CT molecular complexity index is 445. The summed E-state index contributed by atoms with van der Waals surface area (Å²) in [5.41, 5.74) is 0.609. The molecule has 0 aliphatic heterocycles. The van der Waals surface area contributed by atoms with E-state index in [4.69, 9.17) is 16.7 Å². The third-order valence-electron chi connectivity index (χ3n) is 2.24. The van der Waals surface area contributed by atoms with E-state index in [1.54, 1.807) is 6.92 Å². The summed E-state index contributed by atoms with van der Waals surface area (Å²) in [5.74, 6) is -1.63. The molecule has 0 bridgehead atoms. The Hall–Kier alpha value is -1.69. The van der Waals surface area contributed by atoms with E-state index in [9.17, 15) is 9.59 Å². The molecule has 0 aromatic carbocycles. The van der Waals surface area contributed by atoms with E-state index in [1.807, 2.05) is 6.92 Å². The Kier molecular flexibility index (Phi) is 5.03. The van der Waals surface area contributed by atoms with Gasteiger partial charge in [0.2, 0.25) is 5.28 Å². The number of rotatable bonds is 5. The quantitative estimate of drug-likeness (QED) is 0.790. The number of hydrogen-bond acceptors (Lipinski definition) is 4. The van der Waals surface area contributed by atoms with Gasteiger partial charge < -0.3 is 10.4 Å². The zero-order valence-corrected chi connectivity index (χ0v) is 10.9. The van der Waals surface area contributed by atoms with Gasteiger partial charge in [-0.25, -0.2) is 14.8 Å². The van der Waals surface area contributed by atoms with E-state index < -0.39 is 17.9 Å². The maximum Gasteiger partial charge on any atom is 0.326 e. The Balaban J connectivity index is 2.83. The highest BCUT2D eigenvalue weighted by Crippen LogP contribution is 2.06. The third-order valence-corrected chi connectivity index (χ3v) is 2.41. The molecule has 0 radical (unpaired) electrons. The van der Waals surface area contributed by atoms with Crippen molar-refractivity contribution in [2.24, 2.45) is 0 Å². The summed E-state index contributed by atoms with van der Waals surface area (Å²) in [4.78, 5) is 30.3. The molecule has 7 heteroatoms. The minimum atomic E-state index is -1.07. The van der Waals surface area contributed by atoms with Crippen LogP contribution in [0.5, 0.6) is 0 Å². The first-order valence-electron chi connectivity index (χ1n) is 5.49. The van der Waals surface area contributed by atoms with Gasteiger partial charge in [-0.05, 0) is 31.0 Å². The van der Waals surface area contributed by atoms with E-state index in [0.29, 0.717) is 18.5 Å². The van der Waals surface area contributed by atoms with E-state index >= 15 is 0 Å². The number of carboxylic acid groups (broad SMARTS) is 1. The van der Waals surface area contributed by atoms with Crippen LogP contribution < -0.4 is 5.32 Å². The molecule has 0 aliphatic rings. The van der Waals surface area contributed by atoms with Gasteiger partial charge in [-0.1, -0.05) is 13.3 Å². The number of carbonyl (C=O) groups is 2. The number of carboxylic acids is 1. The molecule has 18 heavy (non-hydrogen) atoms. The van der Waals surface area contributed by atoms with Gasteiger partial charge >= 0.3 is 5.97 Å². The van der Waals surface area contributed by atoms with Gasteiger partial charge in [-0.2, -0.15) is 0 Å². The van der Waals surface area contributed by atoms with Gasteiger partial charge in [-0.3, -0.25) is 4.79 Å². The van der Waals surface area contributed by atoms with Crippen LogP contribution in [0.25, 0.3) is 0 Å². The molecule has 1 atom stereocenters. The molecule has 1 rings (SSSR count). The fourth-order valence-electron chi connectivity index (χ4n) is 1.43. The molecular formula is C11H14ClN3O3. The number of aliphatic carboxylic acids is 1. The van der Waals surface area contributed by atoms with Crippen LogP contribution in [0.1, 0.15) is 35.9 Å². The first kappa shape index (κ1) is 14.4. The topological polar surface area (TPSA) is 92.2 Å². The Labute approximate surface area is 109 Å². The minimum absolute atomic E-state index is 0.0393. The summed E-state index contributed by atoms with van der Waals surface area (Å²) in [6.07, 6.45) is 1.01. The Morgan fingerprint density at radius 2 is 2.17 bits per heavy atom. The average Bonchev–Trinajstić information content (AvgIpc) is 2.26. The van der Waals surface area contributed by atoms with Crippen LogP contribution in [-0.2, 0) is 4.79 Å². The maximum atomic E-state index is 11.8. The van der Waals surface area contributed by atoms with Crippen molar-refractivity contribution in [2.75, 3.05) is 0 Å². The first-order valence-corrected chi connectivity index (χ1v) is 5.86. The van der Waals surface area contributed by atoms with Crippen LogP contribution in [-0.4, -0.2) is 33.0 Å². The van der Waals surface area contributed by atoms with Crippen LogP contribution in [0.15, 0.2) is 6.07 Å². The van der Waals surface area contributed by atoms with Gasteiger partial charge in [0.1, 0.15) is 11.7 Å². The van der Waals surface area contributed by atoms with Gasteiger partial charge in [0, 0.05) is 5.69 Å². The van der Waals surface area contributed by atoms with Gasteiger partial charge in [0.15, 0.2) is 0 Å². The normalized spacial score (nSPS) is 11.9. The lowest BCUT2D eigenvalue weighted by molar-refractivity contribution is -0.139. The third kappa shape index (κ3) is 3.96. The number of aryl methyl sites for hydroxylation is 1. The van der Waals surface area contributed by atoms with Gasteiger partial charge in [0.25, 0.3) is 5.91 Å². The lowest BCUT2D eigenvalue weighted by Gasteiger charge is -2.13. The van der Waals surface area contributed by atoms with Crippen LogP contribution in [0.2, 0.25) is 5.28 Å². The highest BCUT2D eigenvalue weighted by Gasteiger charge is 2.20. The maximum absolute atomic E-state index is 11.8. The van der Waals surface area contributed by atoms with Crippen molar-refractivity contribution in [3.05, 3.63) is 22.7 Å². The smallest absolute Gasteiger partial charge is 0.326 e. The molecule has 6 nitrogen and oxygen atoms in total. The number of aromatic nitrogens is 2. The summed E-state index contributed by atoms with van der Waals surface area (Å²) in [5, 5.41) is 11.3. The van der Waals surface area contributed by atoms with E-state index in [1.165, 1.54) is 6.07 Å². The molecular weight excluding hydrogens is 258 g/mol. The fraction of sp³-hybridized carbons (Fsp3) is 0.455. The first-order chi connectivity index (χ1) is 8.43. The molecule has 1 amide bonds. The summed E-state index contributed by atoms with van der Waals surface area (Å²) in [6.45, 7) is 3.51. The van der Waals surface area contributed by atoms with Crippen molar-refractivity contribution in [1.82, 2.24) is 15.3 Å². The molecule has 1 aromatic rings. The van der Waals surface area contributed by atoms with Crippen molar-refractivity contribution in [1.29, 1.82) is 0 Å². The minimum Gasteiger partial charge on any atom is -0.480 e. The van der Waals surface area contributed by atoms with Crippen molar-refractivity contribution in [3.8, 4) is 0 Å². The van der Waals surface area contributed by atoms with Gasteiger partial charge in [0.05, 0.1) is 0 Å². The van der Waals surface area contributed by atoms with Crippen LogP contribution in [0.3, 0.4) is 0 Å². The summed E-state index contributed by atoms with van der Waals surface area (Å²) in [6, 6.07) is 0.531. The molecule has 1 aromatic heterocycles. The number of nitrogens with one attached hydrogen (secondary N) is 1. The molecule has 1 heterocycles. The lowest BCUT2D eigenvalue weighted by Crippen LogP contribution is -2.41. The Morgan fingerprint density at radius 1 is 1.50 bits per heavy atom. The highest BCUT2D eigenvalue weighted by molar-refractivity contribution is 6.28. The van der Waals surface area contributed by atoms with Crippen molar-refractivity contribution < 1.29 is 14.7 Å². The number of amides is 1. The number of nitrogens with zero attached hydrogens (tertiary/aromatic N) is 2. The highest BCUT2D eigenvalue weighted by atomic mass is 35.5. The largest absolute Gasteiger partial charge is 0.480 e. The second-order valence-corrected chi connectivity index (χ2v) is 4.15. The van der Waals surface area contributed by atoms with E-state index in [-0.39, 0.29) is 11.0 Å². The molecule has 98 valence electrons. The monoisotopic (exact) mass is 271 g/mol. The van der Waals surface area contributed by atoms with Crippen LogP contribution in [0.4, 0.5) is 0 Å². The van der Waals surface area contributed by atoms with Crippen molar-refractivity contribution in [3.63, 3.8) is 0 Å². The predicted octanol–water partition coefficient (Wildman–Crippen LogP) is 1.42. The van der Waals surface area contributed by atoms with E-state index in [0.717, 1.165) is 0 Å². The average molecular weight is 272 g/mol. The van der Waals surface area contributed by atoms with Crippen LogP contribution >= 0.6 is 11.6 Å². The molecule has 0 saturated carbocycles. The van der Waals surface area contributed by atoms with E-state index in [2.05, 4.69) is 15.3 Å². The zero-order chi connectivity index (χ0) is 13.7. The van der Waals surface area contributed by atoms with Crippen molar-refractivity contribution in [2.45, 2.75) is 32.7 Å². The molecule has 2 N–H and O–H groups in total. The zero-order valence-electron chi connectivity index (χ0n) is 10.1. The lowest BCUT2D eigenvalue weighted by atomic mass is 10.1. The molecule has 0 unspecified atom stereocenters. The second kappa shape index (κ2) is 6.30. The van der Waals surface area contributed by atoms with Crippen LogP contribution in [0, 0.1) is 6.92 Å². The summed E-state index contributed by atoms with van der Waals surface area (Å²) >= 11 is 5.64. The summed E-state index contributed by atoms with van der Waals surface area (Å²) < 4.78 is 0. The fourth-order valence-corrected chi connectivity index (χ4v) is 1.65. The number of carbonyl (C=O) groups excluding carboxylic acids is 1.